The average Bonchev–Trinajstić information content (AvgIpc) is 1.54. The predicted octanol–water partition coefficient (Wildman–Crippen LogP) is 25.8. The second kappa shape index (κ2) is 33.5. The van der Waals surface area contributed by atoms with Crippen LogP contribution in [-0.4, -0.2) is 56.9 Å². The number of methoxy groups -OCH3 is 8. The molecule has 8 nitrogen and oxygen atoms in total. The van der Waals surface area contributed by atoms with Crippen LogP contribution in [0.4, 0.5) is 0 Å². The number of rotatable bonds is 16. The SMILES string of the molecule is CCC1c2cc3c4cc2-c2cc(OC)c(OC)cc2-c2cc5c(cc21)C(CC)c1cc2c(cc1-c1cc(OC)c(OC)cc1-5)-c1cc(OC)c(OC)cc1-c1cc(c(cc1C2CC)C3CC)-c1cc(OC)c(OC)cc1-4.CCc1ccccc1.CCc1ccccc1.CCc1ccccc1.CCc1ccccc1. The Morgan fingerprint density at radius 1 is 0.176 bits per heavy atom. The Morgan fingerprint density at radius 3 is 0.417 bits per heavy atom. The molecule has 17 rings (SSSR count). The summed E-state index contributed by atoms with van der Waals surface area (Å²) >= 11 is 0. The Hall–Kier alpha value is -11.0. The van der Waals surface area contributed by atoms with Crippen molar-refractivity contribution in [2.24, 2.45) is 0 Å². The smallest absolute Gasteiger partial charge is 0.161 e. The lowest BCUT2D eigenvalue weighted by Gasteiger charge is -2.28. The molecule has 552 valence electrons. The fourth-order valence-electron chi connectivity index (χ4n) is 17.3. The van der Waals surface area contributed by atoms with Crippen molar-refractivity contribution in [2.45, 2.75) is 130 Å². The van der Waals surface area contributed by atoms with E-state index in [0.717, 1.165) is 95.9 Å². The molecule has 0 spiro atoms. The van der Waals surface area contributed by atoms with Crippen LogP contribution >= 0.6 is 0 Å². The summed E-state index contributed by atoms with van der Waals surface area (Å²) in [5.74, 6) is 5.61. The fraction of sp³-hybridized carbons (Fsp3) is 0.280. The molecule has 0 heterocycles. The summed E-state index contributed by atoms with van der Waals surface area (Å²) < 4.78 is 49.6. The monoisotopic (exact) mass is 1430 g/mol. The van der Waals surface area contributed by atoms with Crippen molar-refractivity contribution in [3.05, 3.63) is 285 Å². The molecule has 0 saturated heterocycles. The number of fused-ring (bicyclic) bond motifs is 12. The van der Waals surface area contributed by atoms with Gasteiger partial charge in [-0.15, -0.1) is 0 Å². The van der Waals surface area contributed by atoms with Crippen molar-refractivity contribution >= 4 is 0 Å². The van der Waals surface area contributed by atoms with Gasteiger partial charge in [0.15, 0.2) is 46.0 Å². The second-order valence-corrected chi connectivity index (χ2v) is 28.3. The van der Waals surface area contributed by atoms with Crippen molar-refractivity contribution in [3.8, 4) is 135 Å². The van der Waals surface area contributed by atoms with Crippen molar-refractivity contribution in [3.63, 3.8) is 0 Å². The predicted molar refractivity (Wildman–Crippen MR) is 448 cm³/mol. The van der Waals surface area contributed by atoms with E-state index in [1.807, 2.05) is 24.3 Å². The van der Waals surface area contributed by atoms with E-state index in [4.69, 9.17) is 37.9 Å². The summed E-state index contributed by atoms with van der Waals surface area (Å²) in [5.41, 5.74) is 34.3. The molecule has 0 aliphatic heterocycles. The molecule has 5 aliphatic rings. The molecular weight excluding hydrogens is 1330 g/mol. The molecule has 0 amide bonds. The Labute approximate surface area is 641 Å². The highest BCUT2D eigenvalue weighted by Gasteiger charge is 2.40. The van der Waals surface area contributed by atoms with Gasteiger partial charge in [-0.3, -0.25) is 0 Å². The molecule has 0 atom stereocenters. The first kappa shape index (κ1) is 75.3. The van der Waals surface area contributed by atoms with Gasteiger partial charge in [0.05, 0.1) is 56.9 Å². The maximum atomic E-state index is 6.20. The molecule has 8 heteroatoms. The van der Waals surface area contributed by atoms with Gasteiger partial charge < -0.3 is 37.9 Å². The summed E-state index contributed by atoms with van der Waals surface area (Å²) in [5, 5.41) is 0. The highest BCUT2D eigenvalue weighted by Crippen LogP contribution is 2.62. The summed E-state index contributed by atoms with van der Waals surface area (Å²) in [6.45, 7) is 18.1. The van der Waals surface area contributed by atoms with Crippen molar-refractivity contribution < 1.29 is 37.9 Å². The molecule has 108 heavy (non-hydrogen) atoms. The molecule has 12 aromatic rings. The zero-order valence-electron chi connectivity index (χ0n) is 66.0. The van der Waals surface area contributed by atoms with Crippen LogP contribution in [0.25, 0.3) is 89.0 Å². The number of aryl methyl sites for hydroxylation is 4. The van der Waals surface area contributed by atoms with Crippen LogP contribution in [-0.2, 0) is 25.7 Å². The van der Waals surface area contributed by atoms with E-state index in [1.54, 1.807) is 56.9 Å². The Morgan fingerprint density at radius 2 is 0.315 bits per heavy atom. The molecule has 0 radical (unpaired) electrons. The molecule has 0 saturated carbocycles. The lowest BCUT2D eigenvalue weighted by Crippen LogP contribution is -2.11. The molecule has 0 aromatic heterocycles. The van der Waals surface area contributed by atoms with E-state index in [-0.39, 0.29) is 23.7 Å². The first-order valence-electron chi connectivity index (χ1n) is 38.8. The van der Waals surface area contributed by atoms with E-state index < -0.39 is 0 Å². The van der Waals surface area contributed by atoms with E-state index in [9.17, 15) is 0 Å². The van der Waals surface area contributed by atoms with Gasteiger partial charge in [-0.2, -0.15) is 0 Å². The summed E-state index contributed by atoms with van der Waals surface area (Å²) in [4.78, 5) is 0. The minimum absolute atomic E-state index is 0.0370. The van der Waals surface area contributed by atoms with Crippen LogP contribution in [0.3, 0.4) is 0 Å². The first-order chi connectivity index (χ1) is 52.8. The minimum Gasteiger partial charge on any atom is -0.493 e. The van der Waals surface area contributed by atoms with Gasteiger partial charge in [-0.05, 0) is 280 Å². The van der Waals surface area contributed by atoms with Gasteiger partial charge in [-0.1, -0.05) is 201 Å². The number of benzene rings is 12. The normalized spacial score (nSPS) is 14.6. The lowest BCUT2D eigenvalue weighted by atomic mass is 9.75. The third-order valence-corrected chi connectivity index (χ3v) is 22.9. The van der Waals surface area contributed by atoms with Gasteiger partial charge in [0, 0.05) is 23.7 Å². The maximum absolute atomic E-state index is 6.20. The largest absolute Gasteiger partial charge is 0.493 e. The Kier molecular flexibility index (Phi) is 23.3. The third kappa shape index (κ3) is 14.0. The van der Waals surface area contributed by atoms with Crippen LogP contribution in [0.1, 0.15) is 172 Å². The summed E-state index contributed by atoms with van der Waals surface area (Å²) in [6.07, 6.45) is 8.09. The van der Waals surface area contributed by atoms with Gasteiger partial charge in [0.25, 0.3) is 0 Å². The Balaban J connectivity index is 0.000000263. The lowest BCUT2D eigenvalue weighted by molar-refractivity contribution is 0.355. The third-order valence-electron chi connectivity index (χ3n) is 22.9. The Bertz CT molecular complexity index is 4330. The highest BCUT2D eigenvalue weighted by atomic mass is 16.5. The molecule has 0 fully saturated rings. The topological polar surface area (TPSA) is 73.8 Å². The molecule has 0 N–H and O–H groups in total. The number of ether oxygens (including phenoxy) is 8. The molecular formula is C100H104O8. The van der Waals surface area contributed by atoms with Gasteiger partial charge in [-0.25, -0.2) is 0 Å². The van der Waals surface area contributed by atoms with Crippen LogP contribution < -0.4 is 37.9 Å². The van der Waals surface area contributed by atoms with Crippen LogP contribution in [0, 0.1) is 0 Å². The van der Waals surface area contributed by atoms with Gasteiger partial charge in [0.2, 0.25) is 0 Å². The van der Waals surface area contributed by atoms with E-state index in [1.165, 1.54) is 111 Å². The second-order valence-electron chi connectivity index (χ2n) is 28.3. The van der Waals surface area contributed by atoms with E-state index in [2.05, 4.69) is 250 Å². The number of hydrogen-bond acceptors (Lipinski definition) is 8. The zero-order chi connectivity index (χ0) is 75.9. The fourth-order valence-corrected chi connectivity index (χ4v) is 17.3. The highest BCUT2D eigenvalue weighted by molar-refractivity contribution is 6.03. The molecule has 8 bridgehead atoms. The van der Waals surface area contributed by atoms with Crippen LogP contribution in [0.15, 0.2) is 218 Å². The van der Waals surface area contributed by atoms with Crippen molar-refractivity contribution in [2.75, 3.05) is 56.9 Å². The molecule has 12 aromatic carbocycles. The zero-order valence-corrected chi connectivity index (χ0v) is 66.0. The average molecular weight is 1430 g/mol. The van der Waals surface area contributed by atoms with Crippen LogP contribution in [0.2, 0.25) is 0 Å². The molecule has 0 unspecified atom stereocenters. The van der Waals surface area contributed by atoms with Crippen molar-refractivity contribution in [1.82, 2.24) is 0 Å². The maximum Gasteiger partial charge on any atom is 0.161 e. The molecule has 5 aliphatic carbocycles. The van der Waals surface area contributed by atoms with Crippen LogP contribution in [0.5, 0.6) is 46.0 Å². The first-order valence-corrected chi connectivity index (χ1v) is 38.8. The number of hydrogen-bond donors (Lipinski definition) is 0. The summed E-state index contributed by atoms with van der Waals surface area (Å²) in [6, 6.07) is 79.8. The van der Waals surface area contributed by atoms with Gasteiger partial charge in [0.1, 0.15) is 0 Å². The van der Waals surface area contributed by atoms with Gasteiger partial charge >= 0.3 is 0 Å². The summed E-state index contributed by atoms with van der Waals surface area (Å²) in [7, 11) is 13.9. The minimum atomic E-state index is 0.0370. The quantitative estimate of drug-likeness (QED) is 0.0947. The van der Waals surface area contributed by atoms with E-state index in [0.29, 0.717) is 46.0 Å². The standard InChI is InChI=1S/C68H64O8.4C8H10/c1-13-33-37-17-39-34(14-2)41-19-43-36(16-4)44-20-42-35(15-3)40-18-38(33)46-22-48(40)56-28-64(72-8)66(74-10)30-58(56)50(42)24-52(44)60-32-68(76-12)67(75-11)31-59(60)51(43)23-49(41)57-29-65(73-9)63(71-7)27-55(57)47(39)21-45(37)53-25-61(69-5)62(70-6)26-54(46)53;4*1-2-8-6-4-3-5-7-8/h17-36H,13-16H2,1-12H3;4*3-7H,2H2,1H3. The van der Waals surface area contributed by atoms with Crippen molar-refractivity contribution in [1.29, 1.82) is 0 Å². The van der Waals surface area contributed by atoms with E-state index >= 15 is 0 Å².